The number of allylic oxidation sites excluding steroid dienone is 2. The third-order valence-corrected chi connectivity index (χ3v) is 5.09. The Labute approximate surface area is 133 Å². The highest BCUT2D eigenvalue weighted by Crippen LogP contribution is 2.48. The zero-order valence-electron chi connectivity index (χ0n) is 12.5. The minimum absolute atomic E-state index is 0.0132. The van der Waals surface area contributed by atoms with E-state index < -0.39 is 17.8 Å². The van der Waals surface area contributed by atoms with Crippen LogP contribution in [0.4, 0.5) is 5.69 Å². The van der Waals surface area contributed by atoms with E-state index in [1.54, 1.807) is 0 Å². The third kappa shape index (κ3) is 2.22. The van der Waals surface area contributed by atoms with Gasteiger partial charge in [0.25, 0.3) is 0 Å². The maximum absolute atomic E-state index is 12.8. The number of carboxylic acid groups (broad SMARTS) is 1. The summed E-state index contributed by atoms with van der Waals surface area (Å²) in [5.74, 6) is -2.14. The first-order chi connectivity index (χ1) is 11.1. The highest BCUT2D eigenvalue weighted by molar-refractivity contribution is 6.04. The molecule has 1 saturated carbocycles. The first kappa shape index (κ1) is 14.0. The highest BCUT2D eigenvalue weighted by atomic mass is 16.4. The van der Waals surface area contributed by atoms with Crippen molar-refractivity contribution in [2.75, 3.05) is 5.32 Å². The van der Waals surface area contributed by atoms with E-state index in [0.717, 1.165) is 22.9 Å². The summed E-state index contributed by atoms with van der Waals surface area (Å²) in [4.78, 5) is 24.3. The largest absolute Gasteiger partial charge is 0.481 e. The molecule has 1 amide bonds. The van der Waals surface area contributed by atoms with Gasteiger partial charge in [0.1, 0.15) is 0 Å². The molecule has 2 aromatic rings. The number of carboxylic acids is 1. The van der Waals surface area contributed by atoms with Crippen LogP contribution in [0, 0.1) is 23.7 Å². The lowest BCUT2D eigenvalue weighted by atomic mass is 9.82. The predicted molar refractivity (Wildman–Crippen MR) is 87.9 cm³/mol. The summed E-state index contributed by atoms with van der Waals surface area (Å²) in [6.07, 6.45) is 4.72. The average molecular weight is 307 g/mol. The molecule has 2 bridgehead atoms. The van der Waals surface area contributed by atoms with E-state index in [4.69, 9.17) is 0 Å². The summed E-state index contributed by atoms with van der Waals surface area (Å²) in [6, 6.07) is 13.6. The van der Waals surface area contributed by atoms with Gasteiger partial charge in [-0.2, -0.15) is 0 Å². The van der Waals surface area contributed by atoms with Gasteiger partial charge in [-0.25, -0.2) is 0 Å². The highest BCUT2D eigenvalue weighted by Gasteiger charge is 2.51. The third-order valence-electron chi connectivity index (χ3n) is 5.09. The zero-order chi connectivity index (χ0) is 16.0. The number of anilines is 1. The molecular formula is C19H17NO3. The van der Waals surface area contributed by atoms with Crippen molar-refractivity contribution in [1.29, 1.82) is 0 Å². The molecule has 1 fully saturated rings. The molecule has 2 aliphatic carbocycles. The second-order valence-corrected chi connectivity index (χ2v) is 6.35. The molecule has 0 saturated heterocycles. The molecule has 4 heteroatoms. The van der Waals surface area contributed by atoms with Crippen molar-refractivity contribution >= 4 is 28.3 Å². The Hall–Kier alpha value is -2.62. The Morgan fingerprint density at radius 1 is 0.957 bits per heavy atom. The lowest BCUT2D eigenvalue weighted by Crippen LogP contribution is -2.36. The smallest absolute Gasteiger partial charge is 0.307 e. The van der Waals surface area contributed by atoms with E-state index in [-0.39, 0.29) is 17.7 Å². The van der Waals surface area contributed by atoms with Gasteiger partial charge in [0, 0.05) is 11.1 Å². The van der Waals surface area contributed by atoms with Gasteiger partial charge in [0.15, 0.2) is 0 Å². The molecule has 0 unspecified atom stereocenters. The molecule has 4 atom stereocenters. The van der Waals surface area contributed by atoms with Crippen LogP contribution < -0.4 is 5.32 Å². The first-order valence-corrected chi connectivity index (χ1v) is 7.85. The van der Waals surface area contributed by atoms with Crippen LogP contribution in [0.25, 0.3) is 10.8 Å². The van der Waals surface area contributed by atoms with Crippen LogP contribution in [0.15, 0.2) is 54.6 Å². The van der Waals surface area contributed by atoms with Gasteiger partial charge in [-0.3, -0.25) is 9.59 Å². The Morgan fingerprint density at radius 2 is 1.65 bits per heavy atom. The Balaban J connectivity index is 1.65. The quantitative estimate of drug-likeness (QED) is 0.855. The van der Waals surface area contributed by atoms with Crippen LogP contribution in [0.2, 0.25) is 0 Å². The number of aliphatic carboxylic acids is 1. The molecule has 0 aromatic heterocycles. The minimum atomic E-state index is -0.875. The number of carbonyl (C=O) groups excluding carboxylic acids is 1. The summed E-state index contributed by atoms with van der Waals surface area (Å²) >= 11 is 0. The lowest BCUT2D eigenvalue weighted by molar-refractivity contribution is -0.146. The minimum Gasteiger partial charge on any atom is -0.481 e. The van der Waals surface area contributed by atoms with E-state index in [0.29, 0.717) is 0 Å². The van der Waals surface area contributed by atoms with Gasteiger partial charge in [-0.15, -0.1) is 0 Å². The maximum Gasteiger partial charge on any atom is 0.307 e. The first-order valence-electron chi connectivity index (χ1n) is 7.85. The van der Waals surface area contributed by atoms with E-state index in [1.165, 1.54) is 0 Å². The zero-order valence-corrected chi connectivity index (χ0v) is 12.5. The summed E-state index contributed by atoms with van der Waals surface area (Å²) < 4.78 is 0. The van der Waals surface area contributed by atoms with Gasteiger partial charge in [0.2, 0.25) is 5.91 Å². The number of hydrogen-bond donors (Lipinski definition) is 2. The molecule has 0 heterocycles. The van der Waals surface area contributed by atoms with Crippen LogP contribution in [-0.2, 0) is 9.59 Å². The van der Waals surface area contributed by atoms with Gasteiger partial charge in [-0.1, -0.05) is 48.6 Å². The summed E-state index contributed by atoms with van der Waals surface area (Å²) in [5, 5.41) is 14.5. The Kier molecular flexibility index (Phi) is 3.18. The molecule has 2 N–H and O–H groups in total. The number of fused-ring (bicyclic) bond motifs is 3. The van der Waals surface area contributed by atoms with Crippen molar-refractivity contribution in [2.24, 2.45) is 23.7 Å². The van der Waals surface area contributed by atoms with Crippen LogP contribution in [0.5, 0.6) is 0 Å². The molecule has 4 rings (SSSR count). The van der Waals surface area contributed by atoms with Gasteiger partial charge in [0.05, 0.1) is 11.8 Å². The second kappa shape index (κ2) is 5.23. The van der Waals surface area contributed by atoms with Crippen molar-refractivity contribution in [2.45, 2.75) is 6.42 Å². The van der Waals surface area contributed by atoms with E-state index >= 15 is 0 Å². The molecule has 0 spiro atoms. The molecular weight excluding hydrogens is 290 g/mol. The molecule has 0 radical (unpaired) electrons. The predicted octanol–water partition coefficient (Wildman–Crippen LogP) is 3.30. The monoisotopic (exact) mass is 307 g/mol. The SMILES string of the molecule is O=C(O)[C@@H]1[C@H](C(=O)Nc2cccc3ccccc23)[C@H]2C=C[C@H]1C2. The number of hydrogen-bond acceptors (Lipinski definition) is 2. The summed E-state index contributed by atoms with van der Waals surface area (Å²) in [7, 11) is 0. The average Bonchev–Trinajstić information content (AvgIpc) is 3.16. The number of rotatable bonds is 3. The van der Waals surface area contributed by atoms with Crippen LogP contribution in [-0.4, -0.2) is 17.0 Å². The normalized spacial score (nSPS) is 28.2. The second-order valence-electron chi connectivity index (χ2n) is 6.35. The van der Waals surface area contributed by atoms with Crippen molar-refractivity contribution < 1.29 is 14.7 Å². The fraction of sp³-hybridized carbons (Fsp3) is 0.263. The molecule has 2 aliphatic rings. The maximum atomic E-state index is 12.8. The van der Waals surface area contributed by atoms with Crippen LogP contribution in [0.3, 0.4) is 0 Å². The molecule has 116 valence electrons. The van der Waals surface area contributed by atoms with E-state index in [2.05, 4.69) is 5.32 Å². The topological polar surface area (TPSA) is 66.4 Å². The van der Waals surface area contributed by atoms with Crippen molar-refractivity contribution in [3.05, 3.63) is 54.6 Å². The van der Waals surface area contributed by atoms with Gasteiger partial charge in [-0.05, 0) is 29.7 Å². The van der Waals surface area contributed by atoms with Crippen molar-refractivity contribution in [3.8, 4) is 0 Å². The van der Waals surface area contributed by atoms with Crippen molar-refractivity contribution in [3.63, 3.8) is 0 Å². The number of carbonyl (C=O) groups is 2. The number of nitrogens with one attached hydrogen (secondary N) is 1. The van der Waals surface area contributed by atoms with Crippen molar-refractivity contribution in [1.82, 2.24) is 0 Å². The summed E-state index contributed by atoms with van der Waals surface area (Å²) in [5.41, 5.74) is 0.740. The van der Waals surface area contributed by atoms with Gasteiger partial charge >= 0.3 is 5.97 Å². The molecule has 23 heavy (non-hydrogen) atoms. The molecule has 2 aromatic carbocycles. The fourth-order valence-corrected chi connectivity index (χ4v) is 4.07. The standard InChI is InChI=1S/C19H17NO3/c21-18(16-12-8-9-13(10-12)17(16)19(22)23)20-15-7-3-5-11-4-1-2-6-14(11)15/h1-9,12-13,16-17H,10H2,(H,20,21)(H,22,23)/t12-,13-,16+,17-/m0/s1. The fourth-order valence-electron chi connectivity index (χ4n) is 4.07. The number of amides is 1. The van der Waals surface area contributed by atoms with Crippen LogP contribution in [0.1, 0.15) is 6.42 Å². The Morgan fingerprint density at radius 3 is 2.43 bits per heavy atom. The van der Waals surface area contributed by atoms with E-state index in [9.17, 15) is 14.7 Å². The number of benzene rings is 2. The van der Waals surface area contributed by atoms with Gasteiger partial charge < -0.3 is 10.4 Å². The van der Waals surface area contributed by atoms with E-state index in [1.807, 2.05) is 54.6 Å². The molecule has 0 aliphatic heterocycles. The van der Waals surface area contributed by atoms with Crippen LogP contribution >= 0.6 is 0 Å². The summed E-state index contributed by atoms with van der Waals surface area (Å²) in [6.45, 7) is 0. The Bertz CT molecular complexity index is 821. The molecule has 4 nitrogen and oxygen atoms in total. The lowest BCUT2D eigenvalue weighted by Gasteiger charge is -2.24.